The van der Waals surface area contributed by atoms with E-state index in [4.69, 9.17) is 4.74 Å². The van der Waals surface area contributed by atoms with Gasteiger partial charge in [0, 0.05) is 24.8 Å². The largest absolute Gasteiger partial charge is 0.494 e. The number of para-hydroxylation sites is 1. The van der Waals surface area contributed by atoms with Gasteiger partial charge in [-0.15, -0.1) is 0 Å². The number of aromatic nitrogens is 2. The van der Waals surface area contributed by atoms with E-state index in [0.717, 1.165) is 18.7 Å². The third-order valence-electron chi connectivity index (χ3n) is 3.24. The Morgan fingerprint density at radius 1 is 1.30 bits per heavy atom. The predicted molar refractivity (Wildman–Crippen MR) is 80.9 cm³/mol. The summed E-state index contributed by atoms with van der Waals surface area (Å²) < 4.78 is 7.59. The van der Waals surface area contributed by atoms with E-state index in [0.29, 0.717) is 6.61 Å². The Morgan fingerprint density at radius 3 is 2.75 bits per heavy atom. The molecule has 4 heteroatoms. The lowest BCUT2D eigenvalue weighted by molar-refractivity contribution is 0.331. The molecule has 1 N–H and O–H groups in total. The van der Waals surface area contributed by atoms with E-state index in [-0.39, 0.29) is 6.04 Å². The average molecular weight is 273 g/mol. The predicted octanol–water partition coefficient (Wildman–Crippen LogP) is 2.71. The van der Waals surface area contributed by atoms with Gasteiger partial charge in [0.15, 0.2) is 0 Å². The summed E-state index contributed by atoms with van der Waals surface area (Å²) >= 11 is 0. The molecule has 0 saturated carbocycles. The molecule has 0 radical (unpaired) electrons. The van der Waals surface area contributed by atoms with E-state index in [9.17, 15) is 0 Å². The standard InChI is InChI=1S/C16H23N3O/c1-4-17-15(10-13-11-18-19(3)12-13)14-8-6-7-9-16(14)20-5-2/h6-9,11-12,15,17H,4-5,10H2,1-3H3. The lowest BCUT2D eigenvalue weighted by Gasteiger charge is -2.20. The van der Waals surface area contributed by atoms with E-state index < -0.39 is 0 Å². The van der Waals surface area contributed by atoms with Crippen LogP contribution in [0.5, 0.6) is 5.75 Å². The molecule has 20 heavy (non-hydrogen) atoms. The summed E-state index contributed by atoms with van der Waals surface area (Å²) in [6.45, 7) is 5.74. The monoisotopic (exact) mass is 273 g/mol. The Bertz CT molecular complexity index is 536. The van der Waals surface area contributed by atoms with Crippen LogP contribution in [0.4, 0.5) is 0 Å². The molecule has 4 nitrogen and oxygen atoms in total. The number of hydrogen-bond acceptors (Lipinski definition) is 3. The zero-order chi connectivity index (χ0) is 14.4. The Kier molecular flexibility index (Phi) is 5.18. The summed E-state index contributed by atoms with van der Waals surface area (Å²) in [5.74, 6) is 0.963. The van der Waals surface area contributed by atoms with Crippen molar-refractivity contribution < 1.29 is 4.74 Å². The van der Waals surface area contributed by atoms with Gasteiger partial charge in [0.05, 0.1) is 12.8 Å². The van der Waals surface area contributed by atoms with Crippen molar-refractivity contribution >= 4 is 0 Å². The van der Waals surface area contributed by atoms with Crippen molar-refractivity contribution in [2.24, 2.45) is 7.05 Å². The molecule has 2 aromatic rings. The summed E-state index contributed by atoms with van der Waals surface area (Å²) in [5, 5.41) is 7.78. The van der Waals surface area contributed by atoms with Crippen molar-refractivity contribution in [2.75, 3.05) is 13.2 Å². The number of hydrogen-bond donors (Lipinski definition) is 1. The minimum absolute atomic E-state index is 0.243. The highest BCUT2D eigenvalue weighted by atomic mass is 16.5. The molecule has 0 fully saturated rings. The van der Waals surface area contributed by atoms with Crippen LogP contribution in [-0.2, 0) is 13.5 Å². The molecule has 1 aromatic heterocycles. The maximum atomic E-state index is 5.75. The zero-order valence-corrected chi connectivity index (χ0v) is 12.5. The Balaban J connectivity index is 2.23. The van der Waals surface area contributed by atoms with Crippen LogP contribution < -0.4 is 10.1 Å². The molecule has 1 aromatic carbocycles. The van der Waals surface area contributed by atoms with Crippen molar-refractivity contribution in [3.63, 3.8) is 0 Å². The number of aryl methyl sites for hydroxylation is 1. The van der Waals surface area contributed by atoms with Crippen molar-refractivity contribution in [1.82, 2.24) is 15.1 Å². The maximum absolute atomic E-state index is 5.75. The fourth-order valence-electron chi connectivity index (χ4n) is 2.41. The van der Waals surface area contributed by atoms with Gasteiger partial charge in [-0.25, -0.2) is 0 Å². The van der Waals surface area contributed by atoms with Gasteiger partial charge in [-0.1, -0.05) is 25.1 Å². The number of nitrogens with one attached hydrogen (secondary N) is 1. The second-order valence-electron chi connectivity index (χ2n) is 4.81. The van der Waals surface area contributed by atoms with Crippen LogP contribution in [0.15, 0.2) is 36.7 Å². The van der Waals surface area contributed by atoms with Crippen LogP contribution >= 0.6 is 0 Å². The minimum Gasteiger partial charge on any atom is -0.494 e. The van der Waals surface area contributed by atoms with E-state index >= 15 is 0 Å². The van der Waals surface area contributed by atoms with Crippen LogP contribution in [0.3, 0.4) is 0 Å². The van der Waals surface area contributed by atoms with E-state index in [1.165, 1.54) is 11.1 Å². The molecule has 1 unspecified atom stereocenters. The smallest absolute Gasteiger partial charge is 0.124 e. The van der Waals surface area contributed by atoms with Crippen molar-refractivity contribution in [1.29, 1.82) is 0 Å². The lowest BCUT2D eigenvalue weighted by Crippen LogP contribution is -2.23. The normalized spacial score (nSPS) is 12.3. The van der Waals surface area contributed by atoms with Gasteiger partial charge >= 0.3 is 0 Å². The zero-order valence-electron chi connectivity index (χ0n) is 12.5. The lowest BCUT2D eigenvalue weighted by atomic mass is 9.99. The van der Waals surface area contributed by atoms with Gasteiger partial charge in [0.1, 0.15) is 5.75 Å². The van der Waals surface area contributed by atoms with Crippen LogP contribution in [0.25, 0.3) is 0 Å². The van der Waals surface area contributed by atoms with Crippen molar-refractivity contribution in [3.8, 4) is 5.75 Å². The molecular weight excluding hydrogens is 250 g/mol. The summed E-state index contributed by atoms with van der Waals surface area (Å²) in [6.07, 6.45) is 4.90. The first-order chi connectivity index (χ1) is 9.74. The van der Waals surface area contributed by atoms with Gasteiger partial charge in [0.2, 0.25) is 0 Å². The molecule has 1 atom stereocenters. The fourth-order valence-corrected chi connectivity index (χ4v) is 2.41. The van der Waals surface area contributed by atoms with Gasteiger partial charge in [0.25, 0.3) is 0 Å². The van der Waals surface area contributed by atoms with Crippen LogP contribution in [0.2, 0.25) is 0 Å². The highest BCUT2D eigenvalue weighted by Crippen LogP contribution is 2.27. The summed E-state index contributed by atoms with van der Waals surface area (Å²) in [6, 6.07) is 8.49. The van der Waals surface area contributed by atoms with E-state index in [1.807, 2.05) is 37.0 Å². The molecule has 0 spiro atoms. The Hall–Kier alpha value is -1.81. The summed E-state index contributed by atoms with van der Waals surface area (Å²) in [7, 11) is 1.94. The first kappa shape index (κ1) is 14.6. The fraction of sp³-hybridized carbons (Fsp3) is 0.438. The molecule has 0 aliphatic heterocycles. The molecule has 0 aliphatic rings. The minimum atomic E-state index is 0.243. The SMILES string of the molecule is CCNC(Cc1cnn(C)c1)c1ccccc1OCC. The number of ether oxygens (including phenoxy) is 1. The summed E-state index contributed by atoms with van der Waals surface area (Å²) in [4.78, 5) is 0. The molecule has 0 bridgehead atoms. The van der Waals surface area contributed by atoms with Crippen molar-refractivity contribution in [3.05, 3.63) is 47.8 Å². The number of benzene rings is 1. The number of likely N-dealkylation sites (N-methyl/N-ethyl adjacent to an activating group) is 1. The van der Waals surface area contributed by atoms with Crippen LogP contribution in [0.1, 0.15) is 31.0 Å². The third kappa shape index (κ3) is 3.61. The topological polar surface area (TPSA) is 39.1 Å². The average Bonchev–Trinajstić information content (AvgIpc) is 2.85. The first-order valence-electron chi connectivity index (χ1n) is 7.17. The quantitative estimate of drug-likeness (QED) is 0.843. The summed E-state index contributed by atoms with van der Waals surface area (Å²) in [5.41, 5.74) is 2.44. The molecule has 0 amide bonds. The highest BCUT2D eigenvalue weighted by Gasteiger charge is 2.16. The highest BCUT2D eigenvalue weighted by molar-refractivity contribution is 5.36. The van der Waals surface area contributed by atoms with Crippen LogP contribution in [-0.4, -0.2) is 22.9 Å². The molecule has 108 valence electrons. The number of rotatable bonds is 7. The second-order valence-corrected chi connectivity index (χ2v) is 4.81. The Morgan fingerprint density at radius 2 is 2.10 bits per heavy atom. The van der Waals surface area contributed by atoms with Gasteiger partial charge < -0.3 is 10.1 Å². The maximum Gasteiger partial charge on any atom is 0.124 e. The molecule has 1 heterocycles. The molecular formula is C16H23N3O. The molecule has 0 aliphatic carbocycles. The van der Waals surface area contributed by atoms with E-state index in [1.54, 1.807) is 0 Å². The van der Waals surface area contributed by atoms with Crippen LogP contribution in [0, 0.1) is 0 Å². The molecule has 2 rings (SSSR count). The second kappa shape index (κ2) is 7.10. The van der Waals surface area contributed by atoms with Crippen molar-refractivity contribution in [2.45, 2.75) is 26.3 Å². The Labute approximate surface area is 120 Å². The van der Waals surface area contributed by atoms with Gasteiger partial charge in [-0.2, -0.15) is 5.10 Å². The van der Waals surface area contributed by atoms with E-state index in [2.05, 4.69) is 35.7 Å². The van der Waals surface area contributed by atoms with Gasteiger partial charge in [-0.3, -0.25) is 4.68 Å². The third-order valence-corrected chi connectivity index (χ3v) is 3.24. The first-order valence-corrected chi connectivity index (χ1v) is 7.17. The van der Waals surface area contributed by atoms with Gasteiger partial charge in [-0.05, 0) is 31.5 Å². The number of nitrogens with zero attached hydrogens (tertiary/aromatic N) is 2. The molecule has 0 saturated heterocycles.